The lowest BCUT2D eigenvalue weighted by atomic mass is 10.4. The number of hydrogen-bond donors (Lipinski definition) is 2. The van der Waals surface area contributed by atoms with Gasteiger partial charge in [0.25, 0.3) is 5.91 Å². The zero-order chi connectivity index (χ0) is 14.4. The molecule has 19 heavy (non-hydrogen) atoms. The summed E-state index contributed by atoms with van der Waals surface area (Å²) in [7, 11) is 1.61. The molecule has 0 spiro atoms. The van der Waals surface area contributed by atoms with Crippen molar-refractivity contribution in [3.8, 4) is 0 Å². The average molecular weight is 286 g/mol. The van der Waals surface area contributed by atoms with Gasteiger partial charge in [0.2, 0.25) is 0 Å². The van der Waals surface area contributed by atoms with Gasteiger partial charge >= 0.3 is 0 Å². The number of hydrogen-bond acceptors (Lipinski definition) is 6. The Morgan fingerprint density at radius 3 is 2.68 bits per heavy atom. The fraction of sp³-hybridized carbons (Fsp3) is 0.667. The second-order valence-corrected chi connectivity index (χ2v) is 5.12. The van der Waals surface area contributed by atoms with E-state index in [2.05, 4.69) is 15.2 Å². The molecule has 0 aliphatic carbocycles. The van der Waals surface area contributed by atoms with Gasteiger partial charge in [0.05, 0.1) is 6.10 Å². The SMILES string of the molecule is CCN(CC)c1nc(N)c(C(=O)NCC(C)OC)s1. The fourth-order valence-electron chi connectivity index (χ4n) is 1.51. The van der Waals surface area contributed by atoms with Crippen LogP contribution in [0.1, 0.15) is 30.4 Å². The standard InChI is InChI=1S/C12H22N4O2S/c1-5-16(6-2)12-15-10(13)9(19-12)11(17)14-7-8(3)18-4/h8H,5-7,13H2,1-4H3,(H,14,17). The number of amides is 1. The second kappa shape index (κ2) is 7.30. The number of carbonyl (C=O) groups is 1. The van der Waals surface area contributed by atoms with E-state index in [1.807, 2.05) is 20.8 Å². The molecule has 0 aromatic carbocycles. The molecule has 0 aliphatic rings. The van der Waals surface area contributed by atoms with Crippen LogP contribution in [0.5, 0.6) is 0 Å². The van der Waals surface area contributed by atoms with E-state index < -0.39 is 0 Å². The summed E-state index contributed by atoms with van der Waals surface area (Å²) in [5, 5.41) is 3.57. The smallest absolute Gasteiger partial charge is 0.265 e. The minimum Gasteiger partial charge on any atom is -0.382 e. The molecule has 1 atom stereocenters. The summed E-state index contributed by atoms with van der Waals surface area (Å²) < 4.78 is 5.08. The lowest BCUT2D eigenvalue weighted by Gasteiger charge is -2.16. The molecule has 108 valence electrons. The fourth-order valence-corrected chi connectivity index (χ4v) is 2.54. The maximum absolute atomic E-state index is 12.0. The van der Waals surface area contributed by atoms with Crippen molar-refractivity contribution < 1.29 is 9.53 Å². The van der Waals surface area contributed by atoms with Gasteiger partial charge in [-0.3, -0.25) is 4.79 Å². The highest BCUT2D eigenvalue weighted by atomic mass is 32.1. The van der Waals surface area contributed by atoms with Gasteiger partial charge in [-0.05, 0) is 20.8 Å². The molecule has 3 N–H and O–H groups in total. The van der Waals surface area contributed by atoms with Crippen molar-refractivity contribution in [2.75, 3.05) is 37.4 Å². The van der Waals surface area contributed by atoms with Crippen LogP contribution < -0.4 is 16.0 Å². The van der Waals surface area contributed by atoms with Crippen molar-refractivity contribution in [1.82, 2.24) is 10.3 Å². The van der Waals surface area contributed by atoms with Crippen molar-refractivity contribution in [3.05, 3.63) is 4.88 Å². The zero-order valence-electron chi connectivity index (χ0n) is 11.9. The van der Waals surface area contributed by atoms with E-state index in [1.165, 1.54) is 11.3 Å². The molecule has 1 heterocycles. The monoisotopic (exact) mass is 286 g/mol. The Morgan fingerprint density at radius 1 is 1.53 bits per heavy atom. The third kappa shape index (κ3) is 4.07. The van der Waals surface area contributed by atoms with Crippen molar-refractivity contribution in [2.45, 2.75) is 26.9 Å². The minimum absolute atomic E-state index is 0.0275. The number of methoxy groups -OCH3 is 1. The van der Waals surface area contributed by atoms with Crippen LogP contribution in [0.25, 0.3) is 0 Å². The van der Waals surface area contributed by atoms with Crippen LogP contribution in [0, 0.1) is 0 Å². The molecule has 1 rings (SSSR count). The summed E-state index contributed by atoms with van der Waals surface area (Å²) in [6, 6.07) is 0. The topological polar surface area (TPSA) is 80.5 Å². The summed E-state index contributed by atoms with van der Waals surface area (Å²) >= 11 is 1.32. The number of anilines is 2. The van der Waals surface area contributed by atoms with E-state index in [0.29, 0.717) is 11.4 Å². The first-order chi connectivity index (χ1) is 9.03. The zero-order valence-corrected chi connectivity index (χ0v) is 12.7. The first-order valence-electron chi connectivity index (χ1n) is 6.35. The number of ether oxygens (including phenoxy) is 1. The van der Waals surface area contributed by atoms with E-state index in [0.717, 1.165) is 18.2 Å². The number of thiazole rings is 1. The van der Waals surface area contributed by atoms with Crippen LogP contribution in [-0.2, 0) is 4.74 Å². The Balaban J connectivity index is 2.75. The molecule has 0 aliphatic heterocycles. The van der Waals surface area contributed by atoms with Gasteiger partial charge in [-0.2, -0.15) is 0 Å². The average Bonchev–Trinajstić information content (AvgIpc) is 2.79. The third-order valence-corrected chi connectivity index (χ3v) is 3.97. The third-order valence-electron chi connectivity index (χ3n) is 2.83. The Morgan fingerprint density at radius 2 is 2.16 bits per heavy atom. The lowest BCUT2D eigenvalue weighted by Crippen LogP contribution is -2.31. The summed E-state index contributed by atoms with van der Waals surface area (Å²) in [6.45, 7) is 8.10. The van der Waals surface area contributed by atoms with E-state index in [4.69, 9.17) is 10.5 Å². The van der Waals surface area contributed by atoms with E-state index in [1.54, 1.807) is 7.11 Å². The highest BCUT2D eigenvalue weighted by Gasteiger charge is 2.18. The molecule has 0 fully saturated rings. The number of rotatable bonds is 7. The first kappa shape index (κ1) is 15.7. The highest BCUT2D eigenvalue weighted by Crippen LogP contribution is 2.27. The Bertz CT molecular complexity index is 418. The van der Waals surface area contributed by atoms with E-state index in [9.17, 15) is 4.79 Å². The number of nitrogen functional groups attached to an aromatic ring is 1. The number of nitrogens with zero attached hydrogens (tertiary/aromatic N) is 2. The number of carbonyl (C=O) groups excluding carboxylic acids is 1. The van der Waals surface area contributed by atoms with Crippen molar-refractivity contribution in [1.29, 1.82) is 0 Å². The van der Waals surface area contributed by atoms with Gasteiger partial charge in [0.1, 0.15) is 10.7 Å². The van der Waals surface area contributed by atoms with Crippen LogP contribution in [0.4, 0.5) is 10.9 Å². The van der Waals surface area contributed by atoms with E-state index >= 15 is 0 Å². The van der Waals surface area contributed by atoms with Gasteiger partial charge in [-0.15, -0.1) is 0 Å². The largest absolute Gasteiger partial charge is 0.382 e. The molecular formula is C12H22N4O2S. The van der Waals surface area contributed by atoms with Gasteiger partial charge < -0.3 is 20.7 Å². The van der Waals surface area contributed by atoms with Crippen LogP contribution in [0.2, 0.25) is 0 Å². The molecule has 0 saturated carbocycles. The molecule has 0 saturated heterocycles. The summed E-state index contributed by atoms with van der Waals surface area (Å²) in [4.78, 5) is 18.8. The summed E-state index contributed by atoms with van der Waals surface area (Å²) in [6.07, 6.45) is -0.0275. The molecule has 0 radical (unpaired) electrons. The minimum atomic E-state index is -0.197. The Kier molecular flexibility index (Phi) is 6.04. The van der Waals surface area contributed by atoms with Crippen molar-refractivity contribution in [3.63, 3.8) is 0 Å². The lowest BCUT2D eigenvalue weighted by molar-refractivity contribution is 0.0874. The molecule has 1 aromatic rings. The molecule has 0 bridgehead atoms. The molecule has 1 aromatic heterocycles. The van der Waals surface area contributed by atoms with Gasteiger partial charge in [0, 0.05) is 26.7 Å². The van der Waals surface area contributed by atoms with Gasteiger partial charge in [-0.25, -0.2) is 4.98 Å². The predicted octanol–water partition coefficient (Wildman–Crippen LogP) is 1.34. The Hall–Kier alpha value is -1.34. The number of nitrogens with two attached hydrogens (primary N) is 1. The first-order valence-corrected chi connectivity index (χ1v) is 7.17. The van der Waals surface area contributed by atoms with Crippen LogP contribution >= 0.6 is 11.3 Å². The number of nitrogens with one attached hydrogen (secondary N) is 1. The van der Waals surface area contributed by atoms with Crippen LogP contribution in [-0.4, -0.2) is 43.7 Å². The second-order valence-electron chi connectivity index (χ2n) is 4.14. The van der Waals surface area contributed by atoms with Gasteiger partial charge in [-0.1, -0.05) is 11.3 Å². The molecule has 6 nitrogen and oxygen atoms in total. The molecule has 7 heteroatoms. The Labute approximate surface area is 118 Å². The maximum Gasteiger partial charge on any atom is 0.265 e. The maximum atomic E-state index is 12.0. The summed E-state index contributed by atoms with van der Waals surface area (Å²) in [5.74, 6) is 0.0896. The number of aromatic nitrogens is 1. The highest BCUT2D eigenvalue weighted by molar-refractivity contribution is 7.18. The van der Waals surface area contributed by atoms with E-state index in [-0.39, 0.29) is 17.8 Å². The van der Waals surface area contributed by atoms with Crippen LogP contribution in [0.15, 0.2) is 0 Å². The van der Waals surface area contributed by atoms with Gasteiger partial charge in [0.15, 0.2) is 5.13 Å². The normalized spacial score (nSPS) is 12.2. The summed E-state index contributed by atoms with van der Waals surface area (Å²) in [5.41, 5.74) is 5.81. The molecule has 1 unspecified atom stereocenters. The molecule has 1 amide bonds. The quantitative estimate of drug-likeness (QED) is 0.790. The molecular weight excluding hydrogens is 264 g/mol. The van der Waals surface area contributed by atoms with Crippen molar-refractivity contribution >= 4 is 28.2 Å². The predicted molar refractivity (Wildman–Crippen MR) is 78.9 cm³/mol. The van der Waals surface area contributed by atoms with Crippen molar-refractivity contribution in [2.24, 2.45) is 0 Å². The van der Waals surface area contributed by atoms with Crippen LogP contribution in [0.3, 0.4) is 0 Å².